The lowest BCUT2D eigenvalue weighted by molar-refractivity contribution is -0.137. The van der Waals surface area contributed by atoms with E-state index in [0.29, 0.717) is 9.54 Å². The van der Waals surface area contributed by atoms with Crippen LogP contribution in [0.2, 0.25) is 0 Å². The highest BCUT2D eigenvalue weighted by Crippen LogP contribution is 2.26. The van der Waals surface area contributed by atoms with Crippen LogP contribution in [0.3, 0.4) is 0 Å². The smallest absolute Gasteiger partial charge is 0.354 e. The molecular weight excluding hydrogens is 490 g/mol. The van der Waals surface area contributed by atoms with Crippen molar-refractivity contribution in [1.82, 2.24) is 8.87 Å². The Morgan fingerprint density at radius 1 is 0.972 bits per heavy atom. The fourth-order valence-corrected chi connectivity index (χ4v) is 3.02. The van der Waals surface area contributed by atoms with E-state index >= 15 is 0 Å². The minimum absolute atomic E-state index is 0.101. The highest BCUT2D eigenvalue weighted by molar-refractivity contribution is 7.87. The molecule has 0 unspecified atom stereocenters. The first-order chi connectivity index (χ1) is 16.9. The van der Waals surface area contributed by atoms with Gasteiger partial charge >= 0.3 is 22.1 Å². The van der Waals surface area contributed by atoms with E-state index in [1.807, 2.05) is 60.5 Å². The Bertz CT molecular complexity index is 1070. The second-order valence-corrected chi connectivity index (χ2v) is 7.45. The second-order valence-electron chi connectivity index (χ2n) is 6.02. The largest absolute Gasteiger partial charge is 0.480 e. The van der Waals surface area contributed by atoms with E-state index in [4.69, 9.17) is 15.0 Å². The molecule has 0 spiro atoms. The van der Waals surface area contributed by atoms with Crippen LogP contribution in [0.25, 0.3) is 11.1 Å². The molecule has 0 aliphatic heterocycles. The predicted molar refractivity (Wildman–Crippen MR) is 140 cm³/mol. The molecule has 12 heteroatoms. The van der Waals surface area contributed by atoms with Gasteiger partial charge in [-0.15, -0.1) is 0 Å². The number of aromatic carboxylic acids is 1. The van der Waals surface area contributed by atoms with Gasteiger partial charge in [0, 0.05) is 24.4 Å². The summed E-state index contributed by atoms with van der Waals surface area (Å²) < 4.78 is 23.4. The fourth-order valence-electron chi connectivity index (χ4n) is 2.36. The van der Waals surface area contributed by atoms with Crippen LogP contribution in [0, 0.1) is 0 Å². The molecule has 11 nitrogen and oxygen atoms in total. The van der Waals surface area contributed by atoms with Gasteiger partial charge in [-0.2, -0.15) is 8.42 Å². The van der Waals surface area contributed by atoms with Gasteiger partial charge in [-0.1, -0.05) is 52.0 Å². The molecule has 202 valence electrons. The summed E-state index contributed by atoms with van der Waals surface area (Å²) in [4.78, 5) is 43.2. The number of aromatic nitrogens is 1. The number of carboxylic acid groups (broad SMARTS) is 2. The highest BCUT2D eigenvalue weighted by Gasteiger charge is 2.23. The van der Waals surface area contributed by atoms with Crippen molar-refractivity contribution in [2.24, 2.45) is 5.14 Å². The number of carbonyl (C=O) groups is 4. The summed E-state index contributed by atoms with van der Waals surface area (Å²) in [6.45, 7) is 13.5. The molecule has 0 fully saturated rings. The van der Waals surface area contributed by atoms with Crippen LogP contribution in [0.15, 0.2) is 48.7 Å². The number of carboxylic acids is 2. The minimum Gasteiger partial charge on any atom is -0.480 e. The van der Waals surface area contributed by atoms with Gasteiger partial charge in [0.1, 0.15) is 13.3 Å². The Morgan fingerprint density at radius 3 is 1.75 bits per heavy atom. The molecule has 4 N–H and O–H groups in total. The summed E-state index contributed by atoms with van der Waals surface area (Å²) in [5.41, 5.74) is 0.112. The van der Waals surface area contributed by atoms with E-state index in [-0.39, 0.29) is 11.1 Å². The zero-order valence-electron chi connectivity index (χ0n) is 21.8. The first-order valence-corrected chi connectivity index (χ1v) is 12.4. The number of nitrogens with zero attached hydrogens (tertiary/aromatic N) is 2. The molecule has 36 heavy (non-hydrogen) atoms. The molecule has 2 rings (SSSR count). The molecular formula is C24H37N3O8S. The molecule has 1 amide bonds. The molecule has 0 saturated carbocycles. The number of nitrogens with two attached hydrogens (primary N) is 1. The Balaban J connectivity index is -0.000000951. The third-order valence-corrected chi connectivity index (χ3v) is 4.68. The van der Waals surface area contributed by atoms with Crippen LogP contribution in [0.4, 0.5) is 0 Å². The van der Waals surface area contributed by atoms with E-state index in [0.717, 1.165) is 11.1 Å². The standard InChI is InChI=1S/C15H15N3O7S.C4H8.2C2H6.CH2O/c1-17(8-12(19)20)14(21)10-4-2-9(3-5-10)11-6-7-18(26(16,24)25)13(11)15(22)23;1-3-4-2;3*1-2/h2-7H,8H2,1H3,(H,19,20)(H,22,23)(H2,16,24,25);3-4H,1-2H3;2*1-2H3;1H2/b;4-3-;;;. The van der Waals surface area contributed by atoms with E-state index in [9.17, 15) is 27.9 Å². The molecule has 2 aromatic rings. The number of allylic oxidation sites excluding steroid dienone is 2. The van der Waals surface area contributed by atoms with Gasteiger partial charge in [0.25, 0.3) is 5.91 Å². The topological polar surface area (TPSA) is 177 Å². The third kappa shape index (κ3) is 12.1. The summed E-state index contributed by atoms with van der Waals surface area (Å²) in [5, 5.41) is 23.0. The number of rotatable bonds is 6. The molecule has 0 atom stereocenters. The maximum absolute atomic E-state index is 12.1. The number of hydrogen-bond donors (Lipinski definition) is 3. The Hall–Kier alpha value is -3.77. The highest BCUT2D eigenvalue weighted by atomic mass is 32.2. The number of hydrogen-bond acceptors (Lipinski definition) is 6. The Labute approximate surface area is 213 Å². The molecule has 0 saturated heterocycles. The second kappa shape index (κ2) is 19.5. The van der Waals surface area contributed by atoms with Gasteiger partial charge < -0.3 is 19.9 Å². The molecule has 0 aliphatic carbocycles. The van der Waals surface area contributed by atoms with E-state index in [1.165, 1.54) is 37.4 Å². The summed E-state index contributed by atoms with van der Waals surface area (Å²) in [6, 6.07) is 6.90. The zero-order chi connectivity index (χ0) is 29.1. The molecule has 1 heterocycles. The van der Waals surface area contributed by atoms with Gasteiger partial charge in [-0.3, -0.25) is 9.59 Å². The van der Waals surface area contributed by atoms with Gasteiger partial charge in [-0.05, 0) is 37.6 Å². The summed E-state index contributed by atoms with van der Waals surface area (Å²) >= 11 is 0. The van der Waals surface area contributed by atoms with Crippen molar-refractivity contribution in [2.45, 2.75) is 41.5 Å². The van der Waals surface area contributed by atoms with Gasteiger partial charge in [0.2, 0.25) is 0 Å². The monoisotopic (exact) mass is 527 g/mol. The first-order valence-electron chi connectivity index (χ1n) is 10.9. The van der Waals surface area contributed by atoms with Crippen LogP contribution in [0.1, 0.15) is 62.4 Å². The number of benzene rings is 1. The average Bonchev–Trinajstić information content (AvgIpc) is 3.33. The number of likely N-dealkylation sites (N-methyl/N-ethyl adjacent to an activating group) is 1. The van der Waals surface area contributed by atoms with Crippen molar-refractivity contribution in [3.8, 4) is 11.1 Å². The Kier molecular flexibility index (Phi) is 20.0. The van der Waals surface area contributed by atoms with Crippen molar-refractivity contribution in [3.05, 3.63) is 59.9 Å². The van der Waals surface area contributed by atoms with Crippen LogP contribution >= 0.6 is 0 Å². The summed E-state index contributed by atoms with van der Waals surface area (Å²) in [5.74, 6) is -3.17. The van der Waals surface area contributed by atoms with Crippen molar-refractivity contribution in [2.75, 3.05) is 13.6 Å². The van der Waals surface area contributed by atoms with Crippen molar-refractivity contribution < 1.29 is 37.8 Å². The lowest BCUT2D eigenvalue weighted by Crippen LogP contribution is -2.31. The third-order valence-electron chi connectivity index (χ3n) is 3.82. The zero-order valence-corrected chi connectivity index (χ0v) is 22.6. The quantitative estimate of drug-likeness (QED) is 0.478. The molecule has 0 radical (unpaired) electrons. The van der Waals surface area contributed by atoms with Crippen molar-refractivity contribution >= 4 is 34.8 Å². The van der Waals surface area contributed by atoms with Crippen LogP contribution in [0.5, 0.6) is 0 Å². The maximum atomic E-state index is 12.1. The van der Waals surface area contributed by atoms with E-state index in [1.54, 1.807) is 0 Å². The van der Waals surface area contributed by atoms with Gasteiger partial charge in [0.05, 0.1) is 0 Å². The molecule has 1 aromatic heterocycles. The van der Waals surface area contributed by atoms with Crippen molar-refractivity contribution in [1.29, 1.82) is 0 Å². The summed E-state index contributed by atoms with van der Waals surface area (Å²) in [7, 11) is -2.96. The first kappa shape index (κ1) is 36.8. The maximum Gasteiger partial charge on any atom is 0.354 e. The van der Waals surface area contributed by atoms with Crippen molar-refractivity contribution in [3.63, 3.8) is 0 Å². The van der Waals surface area contributed by atoms with Gasteiger partial charge in [0.15, 0.2) is 5.69 Å². The number of amides is 1. The number of aliphatic carboxylic acids is 1. The molecule has 1 aromatic carbocycles. The predicted octanol–water partition coefficient (Wildman–Crippen LogP) is 3.51. The fraction of sp³-hybridized carbons (Fsp3) is 0.333. The lowest BCUT2D eigenvalue weighted by Gasteiger charge is -2.14. The minimum atomic E-state index is -4.29. The van der Waals surface area contributed by atoms with Gasteiger partial charge in [-0.25, -0.2) is 13.9 Å². The summed E-state index contributed by atoms with van der Waals surface area (Å²) in [6.07, 6.45) is 5.02. The van der Waals surface area contributed by atoms with Crippen LogP contribution in [-0.4, -0.2) is 65.7 Å². The SMILES string of the molecule is C/C=C\C.C=O.CC.CC.CN(CC(=O)O)C(=O)c1ccc(-c2ccn(S(N)(=O)=O)c2C(=O)O)cc1. The lowest BCUT2D eigenvalue weighted by atomic mass is 10.0. The normalized spacial score (nSPS) is 9.56. The van der Waals surface area contributed by atoms with Crippen LogP contribution in [-0.2, 0) is 19.8 Å². The van der Waals surface area contributed by atoms with E-state index in [2.05, 4.69) is 0 Å². The Morgan fingerprint density at radius 2 is 1.42 bits per heavy atom. The van der Waals surface area contributed by atoms with E-state index < -0.39 is 40.3 Å². The average molecular weight is 528 g/mol. The number of carbonyl (C=O) groups excluding carboxylic acids is 2. The van der Waals surface area contributed by atoms with Crippen LogP contribution < -0.4 is 5.14 Å². The molecule has 0 aliphatic rings. The molecule has 0 bridgehead atoms.